The summed E-state index contributed by atoms with van der Waals surface area (Å²) in [5.74, 6) is 0. The summed E-state index contributed by atoms with van der Waals surface area (Å²) in [6.45, 7) is 8.07. The summed E-state index contributed by atoms with van der Waals surface area (Å²) in [4.78, 5) is 16.9. The van der Waals surface area contributed by atoms with E-state index in [9.17, 15) is 4.79 Å². The zero-order valence-corrected chi connectivity index (χ0v) is 12.6. The topological polar surface area (TPSA) is 57.4 Å². The number of rotatable bonds is 3. The lowest BCUT2D eigenvalue weighted by Crippen LogP contribution is -2.46. The number of piperidine rings is 1. The first-order chi connectivity index (χ1) is 9.44. The fourth-order valence-corrected chi connectivity index (χ4v) is 2.32. The molecule has 1 saturated heterocycles. The van der Waals surface area contributed by atoms with Gasteiger partial charge in [-0.1, -0.05) is 0 Å². The molecule has 1 amide bonds. The van der Waals surface area contributed by atoms with Crippen LogP contribution in [0.5, 0.6) is 0 Å². The molecule has 0 aliphatic carbocycles. The van der Waals surface area contributed by atoms with Crippen molar-refractivity contribution in [1.82, 2.24) is 15.2 Å². The molecule has 1 aromatic rings. The van der Waals surface area contributed by atoms with E-state index in [2.05, 4.69) is 16.4 Å². The molecule has 1 fully saturated rings. The van der Waals surface area contributed by atoms with Gasteiger partial charge in [-0.2, -0.15) is 0 Å². The van der Waals surface area contributed by atoms with Crippen molar-refractivity contribution in [3.8, 4) is 0 Å². The summed E-state index contributed by atoms with van der Waals surface area (Å²) < 4.78 is 5.39. The van der Waals surface area contributed by atoms with Crippen LogP contribution in [0, 0.1) is 0 Å². The van der Waals surface area contributed by atoms with Gasteiger partial charge in [0.25, 0.3) is 0 Å². The minimum atomic E-state index is -0.417. The van der Waals surface area contributed by atoms with E-state index < -0.39 is 5.60 Å². The van der Waals surface area contributed by atoms with Crippen LogP contribution in [0.15, 0.2) is 18.3 Å². The van der Waals surface area contributed by atoms with E-state index >= 15 is 0 Å². The molecule has 2 rings (SSSR count). The Labute approximate surface area is 120 Å². The molecule has 0 aromatic carbocycles. The standard InChI is InChI=1S/C15H25N3O2/c1-15(2,3)20-14(19)18-9-6-12(7-10-18)17-11-13-5-4-8-16-13/h4-5,8,12,16-17H,6-7,9-11H2,1-3H3. The summed E-state index contributed by atoms with van der Waals surface area (Å²) >= 11 is 0. The van der Waals surface area contributed by atoms with Crippen LogP contribution in [0.1, 0.15) is 39.3 Å². The first kappa shape index (κ1) is 14.9. The maximum Gasteiger partial charge on any atom is 0.410 e. The zero-order chi connectivity index (χ0) is 14.6. The second-order valence-electron chi connectivity index (χ2n) is 6.32. The fourth-order valence-electron chi connectivity index (χ4n) is 2.32. The van der Waals surface area contributed by atoms with Gasteiger partial charge in [0.15, 0.2) is 0 Å². The number of hydrogen-bond acceptors (Lipinski definition) is 3. The van der Waals surface area contributed by atoms with Crippen molar-refractivity contribution in [3.63, 3.8) is 0 Å². The molecule has 0 saturated carbocycles. The van der Waals surface area contributed by atoms with E-state index in [4.69, 9.17) is 4.74 Å². The summed E-state index contributed by atoms with van der Waals surface area (Å²) in [6.07, 6.45) is 3.68. The smallest absolute Gasteiger partial charge is 0.410 e. The van der Waals surface area contributed by atoms with Crippen molar-refractivity contribution >= 4 is 6.09 Å². The number of nitrogens with zero attached hydrogens (tertiary/aromatic N) is 1. The third kappa shape index (κ3) is 4.56. The summed E-state index contributed by atoms with van der Waals surface area (Å²) in [5.41, 5.74) is 0.777. The van der Waals surface area contributed by atoms with E-state index in [-0.39, 0.29) is 6.09 Å². The molecule has 5 nitrogen and oxygen atoms in total. The largest absolute Gasteiger partial charge is 0.444 e. The van der Waals surface area contributed by atoms with Gasteiger partial charge in [0.2, 0.25) is 0 Å². The van der Waals surface area contributed by atoms with Crippen molar-refractivity contribution in [1.29, 1.82) is 0 Å². The number of carbonyl (C=O) groups is 1. The van der Waals surface area contributed by atoms with Gasteiger partial charge in [0.1, 0.15) is 5.60 Å². The number of amides is 1. The van der Waals surface area contributed by atoms with E-state index in [1.165, 1.54) is 5.69 Å². The molecule has 5 heteroatoms. The lowest BCUT2D eigenvalue weighted by Gasteiger charge is -2.33. The first-order valence-electron chi connectivity index (χ1n) is 7.27. The van der Waals surface area contributed by atoms with Crippen LogP contribution in [0.4, 0.5) is 4.79 Å². The third-order valence-corrected chi connectivity index (χ3v) is 3.39. The molecule has 1 aromatic heterocycles. The van der Waals surface area contributed by atoms with Crippen LogP contribution in [-0.2, 0) is 11.3 Å². The first-order valence-corrected chi connectivity index (χ1v) is 7.27. The molecule has 112 valence electrons. The quantitative estimate of drug-likeness (QED) is 0.894. The summed E-state index contributed by atoms with van der Waals surface area (Å²) in [7, 11) is 0. The fraction of sp³-hybridized carbons (Fsp3) is 0.667. The number of hydrogen-bond donors (Lipinski definition) is 2. The predicted octanol–water partition coefficient (Wildman–Crippen LogP) is 2.50. The molecule has 0 radical (unpaired) electrons. The van der Waals surface area contributed by atoms with Gasteiger partial charge in [-0.3, -0.25) is 0 Å². The summed E-state index contributed by atoms with van der Waals surface area (Å²) in [6, 6.07) is 4.54. The van der Waals surface area contributed by atoms with Crippen LogP contribution in [0.25, 0.3) is 0 Å². The zero-order valence-electron chi connectivity index (χ0n) is 12.6. The van der Waals surface area contributed by atoms with E-state index in [1.54, 1.807) is 4.90 Å². The average Bonchev–Trinajstić information content (AvgIpc) is 2.88. The van der Waals surface area contributed by atoms with Crippen molar-refractivity contribution in [2.45, 2.75) is 51.8 Å². The van der Waals surface area contributed by atoms with Crippen molar-refractivity contribution < 1.29 is 9.53 Å². The minimum Gasteiger partial charge on any atom is -0.444 e. The molecule has 0 bridgehead atoms. The summed E-state index contributed by atoms with van der Waals surface area (Å²) in [5, 5.41) is 3.52. The number of aromatic nitrogens is 1. The van der Waals surface area contributed by atoms with Gasteiger partial charge in [-0.15, -0.1) is 0 Å². The Balaban J connectivity index is 1.71. The molecule has 0 unspecified atom stereocenters. The second kappa shape index (κ2) is 6.31. The Kier molecular flexibility index (Phi) is 4.70. The Morgan fingerprint density at radius 3 is 2.70 bits per heavy atom. The van der Waals surface area contributed by atoms with Crippen LogP contribution < -0.4 is 5.32 Å². The molecule has 20 heavy (non-hydrogen) atoms. The lowest BCUT2D eigenvalue weighted by molar-refractivity contribution is 0.0198. The van der Waals surface area contributed by atoms with Crippen molar-refractivity contribution in [2.75, 3.05) is 13.1 Å². The van der Waals surface area contributed by atoms with E-state index in [0.29, 0.717) is 6.04 Å². The molecule has 0 spiro atoms. The number of likely N-dealkylation sites (tertiary alicyclic amines) is 1. The Hall–Kier alpha value is -1.49. The molecular weight excluding hydrogens is 254 g/mol. The molecule has 1 aliphatic rings. The molecule has 0 atom stereocenters. The van der Waals surface area contributed by atoms with Gasteiger partial charge < -0.3 is 19.9 Å². The van der Waals surface area contributed by atoms with Gasteiger partial charge in [0.05, 0.1) is 0 Å². The molecule has 2 heterocycles. The monoisotopic (exact) mass is 279 g/mol. The molecular formula is C15H25N3O2. The number of H-pyrrole nitrogens is 1. The van der Waals surface area contributed by atoms with Gasteiger partial charge in [0, 0.05) is 37.6 Å². The van der Waals surface area contributed by atoms with E-state index in [0.717, 1.165) is 32.5 Å². The van der Waals surface area contributed by atoms with Gasteiger partial charge >= 0.3 is 6.09 Å². The van der Waals surface area contributed by atoms with E-state index in [1.807, 2.05) is 33.0 Å². The highest BCUT2D eigenvalue weighted by molar-refractivity contribution is 5.68. The van der Waals surface area contributed by atoms with Gasteiger partial charge in [-0.05, 0) is 45.7 Å². The Bertz CT molecular complexity index is 415. The highest BCUT2D eigenvalue weighted by Crippen LogP contribution is 2.15. The third-order valence-electron chi connectivity index (χ3n) is 3.39. The highest BCUT2D eigenvalue weighted by atomic mass is 16.6. The average molecular weight is 279 g/mol. The normalized spacial score (nSPS) is 17.2. The van der Waals surface area contributed by atoms with Crippen molar-refractivity contribution in [2.24, 2.45) is 0 Å². The van der Waals surface area contributed by atoms with Crippen LogP contribution in [-0.4, -0.2) is 40.7 Å². The van der Waals surface area contributed by atoms with Gasteiger partial charge in [-0.25, -0.2) is 4.79 Å². The number of carbonyl (C=O) groups excluding carboxylic acids is 1. The minimum absolute atomic E-state index is 0.194. The van der Waals surface area contributed by atoms with Crippen LogP contribution in [0.3, 0.4) is 0 Å². The Morgan fingerprint density at radius 1 is 1.45 bits per heavy atom. The SMILES string of the molecule is CC(C)(C)OC(=O)N1CCC(NCc2ccc[nH]2)CC1. The number of nitrogens with one attached hydrogen (secondary N) is 2. The number of aromatic amines is 1. The van der Waals surface area contributed by atoms with Crippen molar-refractivity contribution in [3.05, 3.63) is 24.0 Å². The number of ether oxygens (including phenoxy) is 1. The lowest BCUT2D eigenvalue weighted by atomic mass is 10.1. The van der Waals surface area contributed by atoms with Crippen LogP contribution >= 0.6 is 0 Å². The molecule has 1 aliphatic heterocycles. The molecule has 2 N–H and O–H groups in total. The predicted molar refractivity (Wildman–Crippen MR) is 78.5 cm³/mol. The maximum absolute atomic E-state index is 11.9. The Morgan fingerprint density at radius 2 is 2.15 bits per heavy atom. The second-order valence-corrected chi connectivity index (χ2v) is 6.32. The highest BCUT2D eigenvalue weighted by Gasteiger charge is 2.26. The van der Waals surface area contributed by atoms with Crippen LogP contribution in [0.2, 0.25) is 0 Å². The maximum atomic E-state index is 11.9.